The first-order valence-corrected chi connectivity index (χ1v) is 9.90. The number of aliphatic hydroxyl groups excluding tert-OH is 1. The van der Waals surface area contributed by atoms with Gasteiger partial charge in [-0.3, -0.25) is 4.79 Å². The Hall–Kier alpha value is -2.92. The van der Waals surface area contributed by atoms with Crippen LogP contribution in [0.1, 0.15) is 47.1 Å². The van der Waals surface area contributed by atoms with Crippen LogP contribution in [0.4, 0.5) is 0 Å². The molecule has 0 saturated carbocycles. The number of nitrogens with zero attached hydrogens (tertiary/aromatic N) is 2. The minimum atomic E-state index is -0.736. The molecule has 5 heteroatoms. The first-order valence-electron chi connectivity index (χ1n) is 9.90. The molecular weight excluding hydrogens is 350 g/mol. The van der Waals surface area contributed by atoms with Crippen molar-refractivity contribution < 1.29 is 9.90 Å². The molecule has 1 aliphatic heterocycles. The van der Waals surface area contributed by atoms with Gasteiger partial charge in [-0.25, -0.2) is 4.98 Å². The van der Waals surface area contributed by atoms with Gasteiger partial charge in [0.05, 0.1) is 11.8 Å². The average molecular weight is 375 g/mol. The number of rotatable bonds is 5. The van der Waals surface area contributed by atoms with Crippen molar-refractivity contribution in [2.75, 3.05) is 6.54 Å². The Morgan fingerprint density at radius 1 is 1.04 bits per heavy atom. The highest BCUT2D eigenvalue weighted by Crippen LogP contribution is 2.27. The predicted octanol–water partition coefficient (Wildman–Crippen LogP) is 3.74. The zero-order valence-corrected chi connectivity index (χ0v) is 15.8. The van der Waals surface area contributed by atoms with Crippen LogP contribution in [-0.2, 0) is 13.0 Å². The monoisotopic (exact) mass is 375 g/mol. The number of carbonyl (C=O) groups excluding carboxylic acids is 1. The molecule has 1 aromatic heterocycles. The molecule has 28 heavy (non-hydrogen) atoms. The fourth-order valence-electron chi connectivity index (χ4n) is 3.78. The summed E-state index contributed by atoms with van der Waals surface area (Å²) in [5.41, 5.74) is 3.30. The van der Waals surface area contributed by atoms with E-state index in [1.807, 2.05) is 60.7 Å². The molecule has 0 bridgehead atoms. The highest BCUT2D eigenvalue weighted by Gasteiger charge is 2.24. The molecule has 1 amide bonds. The third kappa shape index (κ3) is 3.85. The van der Waals surface area contributed by atoms with Crippen molar-refractivity contribution in [1.29, 1.82) is 0 Å². The largest absolute Gasteiger partial charge is 0.387 e. The zero-order valence-electron chi connectivity index (χ0n) is 15.8. The minimum Gasteiger partial charge on any atom is -0.387 e. The number of benzene rings is 2. The second kappa shape index (κ2) is 8.40. The number of aliphatic hydroxyl groups is 1. The number of amides is 1. The minimum absolute atomic E-state index is 0.163. The quantitative estimate of drug-likeness (QED) is 0.714. The summed E-state index contributed by atoms with van der Waals surface area (Å²) in [6, 6.07) is 19.4. The normalized spacial score (nSPS) is 14.8. The standard InChI is InChI=1S/C23H25N3O2/c27-20(17-10-4-1-5-11-17)16-24-23(28)21-19-14-8-3-9-15-26(19)22(25-21)18-12-6-2-7-13-18/h1-2,4-7,10-13,20,27H,3,8-9,14-16H2,(H,24,28). The van der Waals surface area contributed by atoms with Gasteiger partial charge in [0.25, 0.3) is 5.91 Å². The highest BCUT2D eigenvalue weighted by molar-refractivity contribution is 5.94. The van der Waals surface area contributed by atoms with Crippen molar-refractivity contribution >= 4 is 5.91 Å². The van der Waals surface area contributed by atoms with Crippen molar-refractivity contribution in [2.45, 2.75) is 38.3 Å². The van der Waals surface area contributed by atoms with Crippen LogP contribution in [0.3, 0.4) is 0 Å². The first kappa shape index (κ1) is 18.4. The molecule has 1 atom stereocenters. The van der Waals surface area contributed by atoms with Gasteiger partial charge in [0.15, 0.2) is 0 Å². The van der Waals surface area contributed by atoms with Gasteiger partial charge >= 0.3 is 0 Å². The van der Waals surface area contributed by atoms with E-state index >= 15 is 0 Å². The van der Waals surface area contributed by atoms with Gasteiger partial charge in [0.2, 0.25) is 0 Å². The van der Waals surface area contributed by atoms with E-state index in [1.165, 1.54) is 0 Å². The molecule has 3 aromatic rings. The Balaban J connectivity index is 1.58. The van der Waals surface area contributed by atoms with Gasteiger partial charge in [-0.15, -0.1) is 0 Å². The Kier molecular flexibility index (Phi) is 5.53. The second-order valence-electron chi connectivity index (χ2n) is 7.20. The summed E-state index contributed by atoms with van der Waals surface area (Å²) < 4.78 is 2.20. The molecule has 2 aromatic carbocycles. The Labute approximate surface area is 165 Å². The fourth-order valence-corrected chi connectivity index (χ4v) is 3.78. The molecule has 0 fully saturated rings. The van der Waals surface area contributed by atoms with E-state index in [0.29, 0.717) is 5.69 Å². The molecule has 0 spiro atoms. The summed E-state index contributed by atoms with van der Waals surface area (Å²) in [5, 5.41) is 13.2. The number of imidazole rings is 1. The smallest absolute Gasteiger partial charge is 0.271 e. The van der Waals surface area contributed by atoms with Crippen LogP contribution < -0.4 is 5.32 Å². The lowest BCUT2D eigenvalue weighted by atomic mass is 10.1. The van der Waals surface area contributed by atoms with Crippen LogP contribution in [-0.4, -0.2) is 27.1 Å². The van der Waals surface area contributed by atoms with Crippen LogP contribution >= 0.6 is 0 Å². The molecule has 4 rings (SSSR count). The van der Waals surface area contributed by atoms with E-state index in [4.69, 9.17) is 4.98 Å². The molecular formula is C23H25N3O2. The molecule has 2 N–H and O–H groups in total. The highest BCUT2D eigenvalue weighted by atomic mass is 16.3. The summed E-state index contributed by atoms with van der Waals surface area (Å²) >= 11 is 0. The van der Waals surface area contributed by atoms with Crippen LogP contribution in [0.5, 0.6) is 0 Å². The molecule has 0 radical (unpaired) electrons. The Morgan fingerprint density at radius 2 is 1.75 bits per heavy atom. The van der Waals surface area contributed by atoms with Crippen LogP contribution in [0.2, 0.25) is 0 Å². The van der Waals surface area contributed by atoms with Crippen molar-refractivity contribution in [3.8, 4) is 11.4 Å². The molecule has 1 aliphatic rings. The molecule has 2 heterocycles. The van der Waals surface area contributed by atoms with E-state index in [-0.39, 0.29) is 12.5 Å². The van der Waals surface area contributed by atoms with Crippen molar-refractivity contribution in [3.05, 3.63) is 77.6 Å². The summed E-state index contributed by atoms with van der Waals surface area (Å²) in [4.78, 5) is 17.6. The maximum atomic E-state index is 12.9. The number of hydrogen-bond acceptors (Lipinski definition) is 3. The van der Waals surface area contributed by atoms with Crippen molar-refractivity contribution in [2.24, 2.45) is 0 Å². The van der Waals surface area contributed by atoms with Crippen LogP contribution in [0.15, 0.2) is 60.7 Å². The lowest BCUT2D eigenvalue weighted by Gasteiger charge is -2.12. The third-order valence-corrected chi connectivity index (χ3v) is 5.26. The fraction of sp³-hybridized carbons (Fsp3) is 0.304. The lowest BCUT2D eigenvalue weighted by molar-refractivity contribution is 0.0910. The van der Waals surface area contributed by atoms with Gasteiger partial charge in [-0.05, 0) is 24.8 Å². The van der Waals surface area contributed by atoms with Crippen LogP contribution in [0, 0.1) is 0 Å². The molecule has 0 saturated heterocycles. The van der Waals surface area contributed by atoms with E-state index in [2.05, 4.69) is 9.88 Å². The van der Waals surface area contributed by atoms with Crippen LogP contribution in [0.25, 0.3) is 11.4 Å². The third-order valence-electron chi connectivity index (χ3n) is 5.26. The number of aromatic nitrogens is 2. The van der Waals surface area contributed by atoms with Crippen molar-refractivity contribution in [3.63, 3.8) is 0 Å². The lowest BCUT2D eigenvalue weighted by Crippen LogP contribution is -2.29. The van der Waals surface area contributed by atoms with E-state index in [0.717, 1.165) is 54.9 Å². The SMILES string of the molecule is O=C(NCC(O)c1ccccc1)c1nc(-c2ccccc2)n2c1CCCCC2. The topological polar surface area (TPSA) is 67.2 Å². The average Bonchev–Trinajstić information content (AvgIpc) is 2.94. The van der Waals surface area contributed by atoms with Gasteiger partial charge in [0, 0.05) is 18.7 Å². The van der Waals surface area contributed by atoms with Gasteiger partial charge < -0.3 is 15.0 Å². The van der Waals surface area contributed by atoms with E-state index in [9.17, 15) is 9.90 Å². The first-order chi connectivity index (χ1) is 13.7. The molecule has 5 nitrogen and oxygen atoms in total. The zero-order chi connectivity index (χ0) is 19.3. The molecule has 1 unspecified atom stereocenters. The molecule has 144 valence electrons. The number of fused-ring (bicyclic) bond motifs is 1. The maximum absolute atomic E-state index is 12.9. The summed E-state index contributed by atoms with van der Waals surface area (Å²) in [7, 11) is 0. The van der Waals surface area contributed by atoms with E-state index < -0.39 is 6.10 Å². The van der Waals surface area contributed by atoms with Crippen molar-refractivity contribution in [1.82, 2.24) is 14.9 Å². The summed E-state index contributed by atoms with van der Waals surface area (Å²) in [6.45, 7) is 1.04. The van der Waals surface area contributed by atoms with E-state index in [1.54, 1.807) is 0 Å². The predicted molar refractivity (Wildman–Crippen MR) is 109 cm³/mol. The molecule has 0 aliphatic carbocycles. The maximum Gasteiger partial charge on any atom is 0.271 e. The Morgan fingerprint density at radius 3 is 2.50 bits per heavy atom. The summed E-state index contributed by atoms with van der Waals surface area (Å²) in [5.74, 6) is 0.633. The van der Waals surface area contributed by atoms with Gasteiger partial charge in [0.1, 0.15) is 11.5 Å². The second-order valence-corrected chi connectivity index (χ2v) is 7.20. The van der Waals surface area contributed by atoms with Gasteiger partial charge in [-0.2, -0.15) is 0 Å². The summed E-state index contributed by atoms with van der Waals surface area (Å²) in [6.07, 6.45) is 3.43. The number of carbonyl (C=O) groups is 1. The number of hydrogen-bond donors (Lipinski definition) is 2. The van der Waals surface area contributed by atoms with Gasteiger partial charge in [-0.1, -0.05) is 67.1 Å². The Bertz CT molecular complexity index is 935. The number of nitrogens with one attached hydrogen (secondary N) is 1.